The van der Waals surface area contributed by atoms with Crippen LogP contribution in [0.4, 0.5) is 14.4 Å². The van der Waals surface area contributed by atoms with Crippen LogP contribution in [-0.4, -0.2) is 103 Å². The van der Waals surface area contributed by atoms with Gasteiger partial charge in [0.1, 0.15) is 32.9 Å². The Bertz CT molecular complexity index is 1500. The highest BCUT2D eigenvalue weighted by Gasteiger charge is 2.17. The van der Waals surface area contributed by atoms with Crippen LogP contribution in [0.1, 0.15) is 93.6 Å². The molecule has 0 atom stereocenters. The molecule has 0 unspecified atom stereocenters. The van der Waals surface area contributed by atoms with Crippen molar-refractivity contribution in [3.8, 4) is 0 Å². The van der Waals surface area contributed by atoms with E-state index in [1.54, 1.807) is 37.5 Å². The van der Waals surface area contributed by atoms with Crippen LogP contribution in [0.3, 0.4) is 0 Å². The Morgan fingerprint density at radius 1 is 0.621 bits per heavy atom. The minimum Gasteiger partial charge on any atom is -0.444 e. The van der Waals surface area contributed by atoms with E-state index in [9.17, 15) is 14.4 Å². The molecule has 0 fully saturated rings. The van der Waals surface area contributed by atoms with Gasteiger partial charge in [-0.15, -0.1) is 0 Å². The molecule has 21 heteroatoms. The SMILES string of the molecule is CC(C)(C)OC(=O)NCCCc1ccnc(Cl)n1.CC(C)(C)OC(=O)NCCCc1nccc(Cl)n1.CC(C)(C)OC(=O)NCCN.CCO.Clc1ccnc(Cl)n1. The molecule has 0 spiro atoms. The highest BCUT2D eigenvalue weighted by Crippen LogP contribution is 2.09. The average molecular weight is 899 g/mol. The first-order valence-electron chi connectivity index (χ1n) is 18.2. The molecule has 6 N–H and O–H groups in total. The summed E-state index contributed by atoms with van der Waals surface area (Å²) in [5, 5.41) is 16.7. The molecule has 0 saturated carbocycles. The third-order valence-electron chi connectivity index (χ3n) is 5.28. The number of rotatable bonds is 10. The number of nitrogens with one attached hydrogen (secondary N) is 3. The van der Waals surface area contributed by atoms with Crippen molar-refractivity contribution in [1.29, 1.82) is 0 Å². The van der Waals surface area contributed by atoms with E-state index in [-0.39, 0.29) is 17.2 Å². The summed E-state index contributed by atoms with van der Waals surface area (Å²) in [5.74, 6) is 0.675. The first-order valence-corrected chi connectivity index (χ1v) is 19.7. The third-order valence-corrected chi connectivity index (χ3v) is 6.07. The smallest absolute Gasteiger partial charge is 0.407 e. The second kappa shape index (κ2) is 31.1. The van der Waals surface area contributed by atoms with Gasteiger partial charge in [-0.3, -0.25) is 0 Å². The lowest BCUT2D eigenvalue weighted by Gasteiger charge is -2.19. The molecule has 0 saturated heterocycles. The van der Waals surface area contributed by atoms with E-state index in [2.05, 4.69) is 45.9 Å². The Balaban J connectivity index is 0. The topological polar surface area (TPSA) is 239 Å². The lowest BCUT2D eigenvalue weighted by molar-refractivity contribution is 0.0515. The predicted molar refractivity (Wildman–Crippen MR) is 227 cm³/mol. The molecule has 3 aromatic heterocycles. The van der Waals surface area contributed by atoms with Crippen LogP contribution in [0, 0.1) is 0 Å². The first-order chi connectivity index (χ1) is 26.9. The fraction of sp³-hybridized carbons (Fsp3) is 0.595. The number of amides is 3. The number of nitrogens with zero attached hydrogens (tertiary/aromatic N) is 6. The van der Waals surface area contributed by atoms with E-state index in [0.717, 1.165) is 25.0 Å². The van der Waals surface area contributed by atoms with Crippen LogP contribution >= 0.6 is 46.4 Å². The number of ether oxygens (including phenoxy) is 3. The number of nitrogens with two attached hydrogens (primary N) is 1. The zero-order valence-electron chi connectivity index (χ0n) is 35.0. The molecular weight excluding hydrogens is 838 g/mol. The Kier molecular flexibility index (Phi) is 30.2. The summed E-state index contributed by atoms with van der Waals surface area (Å²) >= 11 is 22.2. The molecule has 0 aliphatic heterocycles. The maximum absolute atomic E-state index is 11.3. The van der Waals surface area contributed by atoms with Gasteiger partial charge < -0.3 is 41.0 Å². The van der Waals surface area contributed by atoms with Crippen molar-refractivity contribution in [1.82, 2.24) is 45.9 Å². The number of alkyl carbamates (subject to hydrolysis) is 3. The monoisotopic (exact) mass is 896 g/mol. The van der Waals surface area contributed by atoms with Gasteiger partial charge in [0.25, 0.3) is 0 Å². The maximum atomic E-state index is 11.3. The van der Waals surface area contributed by atoms with Crippen molar-refractivity contribution in [3.05, 3.63) is 69.2 Å². The first kappa shape index (κ1) is 56.2. The number of hydrogen-bond acceptors (Lipinski definition) is 14. The van der Waals surface area contributed by atoms with Crippen LogP contribution in [-0.2, 0) is 27.1 Å². The number of aryl methyl sites for hydroxylation is 2. The minimum absolute atomic E-state index is 0.178. The second-order valence-electron chi connectivity index (χ2n) is 14.4. The van der Waals surface area contributed by atoms with Crippen LogP contribution in [0.2, 0.25) is 20.9 Å². The number of hydrogen-bond donors (Lipinski definition) is 5. The Morgan fingerprint density at radius 3 is 1.36 bits per heavy atom. The van der Waals surface area contributed by atoms with E-state index in [1.807, 2.05) is 62.3 Å². The normalized spacial score (nSPS) is 10.6. The molecular formula is C37H60Cl4N10O7. The van der Waals surface area contributed by atoms with E-state index in [4.69, 9.17) is 71.5 Å². The van der Waals surface area contributed by atoms with Crippen LogP contribution < -0.4 is 21.7 Å². The van der Waals surface area contributed by atoms with Gasteiger partial charge >= 0.3 is 18.3 Å². The average Bonchev–Trinajstić information content (AvgIpc) is 3.07. The van der Waals surface area contributed by atoms with Gasteiger partial charge in [-0.05, 0) is 130 Å². The van der Waals surface area contributed by atoms with E-state index < -0.39 is 35.1 Å². The lowest BCUT2D eigenvalue weighted by Crippen LogP contribution is -2.35. The summed E-state index contributed by atoms with van der Waals surface area (Å²) in [6.45, 7) is 20.3. The number of carbonyl (C=O) groups excluding carboxylic acids is 3. The summed E-state index contributed by atoms with van der Waals surface area (Å²) in [4.78, 5) is 56.7. The van der Waals surface area contributed by atoms with Gasteiger partial charge in [0.2, 0.25) is 10.6 Å². The van der Waals surface area contributed by atoms with Crippen molar-refractivity contribution in [2.75, 3.05) is 32.8 Å². The maximum Gasteiger partial charge on any atom is 0.407 e. The van der Waals surface area contributed by atoms with Crippen LogP contribution in [0.15, 0.2) is 36.8 Å². The highest BCUT2D eigenvalue weighted by atomic mass is 35.5. The Hall–Kier alpha value is -3.87. The summed E-state index contributed by atoms with van der Waals surface area (Å²) in [7, 11) is 0. The van der Waals surface area contributed by atoms with Crippen molar-refractivity contribution in [3.63, 3.8) is 0 Å². The quantitative estimate of drug-likeness (QED) is 0.0576. The lowest BCUT2D eigenvalue weighted by atomic mass is 10.2. The standard InChI is InChI=1S/2C12H18ClN3O2.C7H16N2O2.C4H2Cl2N2.C2H6O/c1-12(2,3)18-11(17)15-7-4-5-10-14-8-6-9(13)16-10;1-12(2,3)18-11(17)15-7-4-5-9-6-8-14-10(13)16-9;1-7(2,3)11-6(10)9-5-4-8;5-3-1-2-7-4(6)8-3;1-2-3/h2*6,8H,4-5,7H2,1-3H3,(H,15,17);4-5,8H2,1-3H3,(H,9,10);1-2H;3H,2H2,1H3. The molecule has 0 aromatic carbocycles. The summed E-state index contributed by atoms with van der Waals surface area (Å²) < 4.78 is 15.2. The number of aliphatic hydroxyl groups excluding tert-OH is 1. The Labute approximate surface area is 362 Å². The van der Waals surface area contributed by atoms with Crippen LogP contribution in [0.25, 0.3) is 0 Å². The predicted octanol–water partition coefficient (Wildman–Crippen LogP) is 7.43. The van der Waals surface area contributed by atoms with Gasteiger partial charge in [-0.2, -0.15) is 0 Å². The van der Waals surface area contributed by atoms with Crippen molar-refractivity contribution >= 4 is 64.7 Å². The van der Waals surface area contributed by atoms with Crippen molar-refractivity contribution < 1.29 is 33.7 Å². The number of aliphatic hydroxyl groups is 1. The van der Waals surface area contributed by atoms with Crippen molar-refractivity contribution in [2.45, 2.75) is 112 Å². The summed E-state index contributed by atoms with van der Waals surface area (Å²) in [5.41, 5.74) is 4.66. The fourth-order valence-electron chi connectivity index (χ4n) is 3.33. The van der Waals surface area contributed by atoms with Gasteiger partial charge in [0.05, 0.1) is 0 Å². The molecule has 58 heavy (non-hydrogen) atoms. The van der Waals surface area contributed by atoms with Crippen LogP contribution in [0.5, 0.6) is 0 Å². The molecule has 0 aliphatic rings. The molecule has 3 amide bonds. The van der Waals surface area contributed by atoms with Gasteiger partial charge in [-0.1, -0.05) is 23.2 Å². The molecule has 0 radical (unpaired) electrons. The molecule has 3 heterocycles. The van der Waals surface area contributed by atoms with E-state index in [1.165, 1.54) is 6.20 Å². The zero-order chi connectivity index (χ0) is 44.8. The third kappa shape index (κ3) is 39.0. The van der Waals surface area contributed by atoms with Gasteiger partial charge in [0, 0.05) is 63.5 Å². The van der Waals surface area contributed by atoms with Gasteiger partial charge in [0.15, 0.2) is 0 Å². The van der Waals surface area contributed by atoms with E-state index >= 15 is 0 Å². The summed E-state index contributed by atoms with van der Waals surface area (Å²) in [6, 6.07) is 5.00. The largest absolute Gasteiger partial charge is 0.444 e. The minimum atomic E-state index is -0.472. The molecule has 17 nitrogen and oxygen atoms in total. The molecule has 3 aromatic rings. The van der Waals surface area contributed by atoms with E-state index in [0.29, 0.717) is 48.7 Å². The molecule has 3 rings (SSSR count). The zero-order valence-corrected chi connectivity index (χ0v) is 38.0. The Morgan fingerprint density at radius 2 is 1.00 bits per heavy atom. The molecule has 328 valence electrons. The number of halogens is 4. The number of aromatic nitrogens is 6. The number of carbonyl (C=O) groups is 3. The molecule has 0 bridgehead atoms. The molecule has 0 aliphatic carbocycles. The fourth-order valence-corrected chi connectivity index (χ4v) is 3.98. The van der Waals surface area contributed by atoms with Gasteiger partial charge in [-0.25, -0.2) is 44.3 Å². The summed E-state index contributed by atoms with van der Waals surface area (Å²) in [6.07, 6.45) is 6.41. The van der Waals surface area contributed by atoms with Crippen molar-refractivity contribution in [2.24, 2.45) is 5.73 Å². The second-order valence-corrected chi connectivity index (χ2v) is 15.8. The highest BCUT2D eigenvalue weighted by molar-refractivity contribution is 6.31.